The molecule has 1 saturated carbocycles. The Bertz CT molecular complexity index is 556. The van der Waals surface area contributed by atoms with Crippen molar-refractivity contribution in [3.05, 3.63) is 24.3 Å². The second-order valence-corrected chi connectivity index (χ2v) is 7.24. The van der Waals surface area contributed by atoms with Crippen molar-refractivity contribution in [1.29, 1.82) is 0 Å². The number of carbonyl (C=O) groups excluding carboxylic acids is 2. The molecule has 0 aliphatic heterocycles. The summed E-state index contributed by atoms with van der Waals surface area (Å²) in [6.07, 6.45) is 8.17. The quantitative estimate of drug-likeness (QED) is 0.321. The summed E-state index contributed by atoms with van der Waals surface area (Å²) in [6, 6.07) is 7.28. The molecule has 0 unspecified atom stereocenters. The molecule has 0 heterocycles. The Morgan fingerprint density at radius 2 is 1.65 bits per heavy atom. The summed E-state index contributed by atoms with van der Waals surface area (Å²) >= 11 is 0. The average molecular weight is 360 g/mol. The van der Waals surface area contributed by atoms with Crippen LogP contribution in [0, 0.1) is 11.8 Å². The number of esters is 1. The zero-order valence-corrected chi connectivity index (χ0v) is 16.2. The zero-order chi connectivity index (χ0) is 18.8. The van der Waals surface area contributed by atoms with Gasteiger partial charge in [0.05, 0.1) is 12.5 Å². The van der Waals surface area contributed by atoms with Gasteiger partial charge in [-0.05, 0) is 68.7 Å². The molecule has 0 radical (unpaired) electrons. The average Bonchev–Trinajstić information content (AvgIpc) is 2.68. The van der Waals surface area contributed by atoms with E-state index in [9.17, 15) is 9.59 Å². The number of hydrogen-bond acceptors (Lipinski definition) is 4. The number of ether oxygens (including phenoxy) is 2. The normalized spacial score (nSPS) is 19.8. The first kappa shape index (κ1) is 20.5. The lowest BCUT2D eigenvalue weighted by molar-refractivity contribution is -0.140. The Balaban J connectivity index is 1.72. The molecule has 1 aromatic carbocycles. The highest BCUT2D eigenvalue weighted by Crippen LogP contribution is 2.33. The van der Waals surface area contributed by atoms with E-state index in [0.29, 0.717) is 36.9 Å². The van der Waals surface area contributed by atoms with Crippen molar-refractivity contribution in [2.24, 2.45) is 11.8 Å². The highest BCUT2D eigenvalue weighted by Gasteiger charge is 2.27. The number of ketones is 1. The summed E-state index contributed by atoms with van der Waals surface area (Å²) in [5.41, 5.74) is 0. The highest BCUT2D eigenvalue weighted by molar-refractivity contribution is 5.78. The minimum absolute atomic E-state index is 0.0198. The fourth-order valence-electron chi connectivity index (χ4n) is 3.37. The predicted molar refractivity (Wildman–Crippen MR) is 102 cm³/mol. The van der Waals surface area contributed by atoms with Crippen LogP contribution in [0.2, 0.25) is 0 Å². The van der Waals surface area contributed by atoms with Gasteiger partial charge in [-0.25, -0.2) is 0 Å². The van der Waals surface area contributed by atoms with Gasteiger partial charge in [-0.15, -0.1) is 0 Å². The van der Waals surface area contributed by atoms with Crippen LogP contribution in [-0.4, -0.2) is 18.4 Å². The van der Waals surface area contributed by atoms with Gasteiger partial charge in [-0.2, -0.15) is 0 Å². The van der Waals surface area contributed by atoms with Crippen molar-refractivity contribution < 1.29 is 19.1 Å². The summed E-state index contributed by atoms with van der Waals surface area (Å²) in [5.74, 6) is 2.15. The van der Waals surface area contributed by atoms with E-state index in [1.165, 1.54) is 0 Å². The van der Waals surface area contributed by atoms with Gasteiger partial charge >= 0.3 is 5.97 Å². The van der Waals surface area contributed by atoms with Gasteiger partial charge in [-0.3, -0.25) is 9.59 Å². The molecule has 1 aliphatic rings. The Hall–Kier alpha value is -1.84. The van der Waals surface area contributed by atoms with E-state index in [4.69, 9.17) is 9.47 Å². The Morgan fingerprint density at radius 3 is 2.27 bits per heavy atom. The lowest BCUT2D eigenvalue weighted by atomic mass is 9.79. The van der Waals surface area contributed by atoms with Gasteiger partial charge in [0.2, 0.25) is 0 Å². The van der Waals surface area contributed by atoms with Gasteiger partial charge in [0.15, 0.2) is 0 Å². The molecular formula is C22H32O4. The van der Waals surface area contributed by atoms with Crippen molar-refractivity contribution in [3.8, 4) is 11.5 Å². The van der Waals surface area contributed by atoms with E-state index in [1.54, 1.807) is 12.1 Å². The molecule has 1 fully saturated rings. The topological polar surface area (TPSA) is 52.6 Å². The number of rotatable bonds is 10. The van der Waals surface area contributed by atoms with Crippen LogP contribution in [0.3, 0.4) is 0 Å². The minimum Gasteiger partial charge on any atom is -0.494 e. The lowest BCUT2D eigenvalue weighted by Gasteiger charge is -2.27. The maximum Gasteiger partial charge on any atom is 0.314 e. The minimum atomic E-state index is -0.132. The third-order valence-corrected chi connectivity index (χ3v) is 5.21. The van der Waals surface area contributed by atoms with Crippen LogP contribution in [0.15, 0.2) is 24.3 Å². The first-order chi connectivity index (χ1) is 12.6. The predicted octanol–water partition coefficient (Wildman–Crippen LogP) is 5.34. The van der Waals surface area contributed by atoms with Crippen LogP contribution in [0.4, 0.5) is 0 Å². The largest absolute Gasteiger partial charge is 0.494 e. The second kappa shape index (κ2) is 11.0. The number of hydrogen-bond donors (Lipinski definition) is 0. The monoisotopic (exact) mass is 360 g/mol. The Kier molecular flexibility index (Phi) is 8.66. The number of benzene rings is 1. The molecule has 0 atom stereocenters. The van der Waals surface area contributed by atoms with Crippen LogP contribution in [0.25, 0.3) is 0 Å². The molecule has 144 valence electrons. The van der Waals surface area contributed by atoms with E-state index in [1.807, 2.05) is 19.1 Å². The number of carbonyl (C=O) groups is 2. The van der Waals surface area contributed by atoms with Gasteiger partial charge in [0, 0.05) is 12.8 Å². The molecule has 4 heteroatoms. The third-order valence-electron chi connectivity index (χ3n) is 5.21. The van der Waals surface area contributed by atoms with E-state index >= 15 is 0 Å². The van der Waals surface area contributed by atoms with Crippen molar-refractivity contribution in [1.82, 2.24) is 0 Å². The summed E-state index contributed by atoms with van der Waals surface area (Å²) in [6.45, 7) is 4.76. The van der Waals surface area contributed by atoms with Crippen LogP contribution >= 0.6 is 0 Å². The highest BCUT2D eigenvalue weighted by atomic mass is 16.5. The summed E-state index contributed by atoms with van der Waals surface area (Å²) in [4.78, 5) is 23.8. The summed E-state index contributed by atoms with van der Waals surface area (Å²) < 4.78 is 11.2. The molecule has 4 nitrogen and oxygen atoms in total. The van der Waals surface area contributed by atoms with E-state index < -0.39 is 0 Å². The molecule has 2 rings (SSSR count). The van der Waals surface area contributed by atoms with Crippen molar-refractivity contribution in [2.45, 2.75) is 71.6 Å². The van der Waals surface area contributed by atoms with E-state index in [0.717, 1.165) is 50.7 Å². The Morgan fingerprint density at radius 1 is 1.00 bits per heavy atom. The smallest absolute Gasteiger partial charge is 0.314 e. The molecule has 0 amide bonds. The van der Waals surface area contributed by atoms with Crippen molar-refractivity contribution in [2.75, 3.05) is 6.61 Å². The standard InChI is InChI=1S/C22H32O4/c1-3-5-16-25-20-12-14-21(15-13-20)26-22(24)18-9-6-17(7-10-18)8-11-19(23)4-2/h12-15,17-18H,3-11,16H2,1-2H3. The van der Waals surface area contributed by atoms with Crippen molar-refractivity contribution in [3.63, 3.8) is 0 Å². The van der Waals surface area contributed by atoms with Gasteiger partial charge in [0.1, 0.15) is 17.3 Å². The molecular weight excluding hydrogens is 328 g/mol. The summed E-state index contributed by atoms with van der Waals surface area (Å²) in [5, 5.41) is 0. The lowest BCUT2D eigenvalue weighted by Crippen LogP contribution is -2.25. The SMILES string of the molecule is CCCCOc1ccc(OC(=O)C2CCC(CCC(=O)CC)CC2)cc1. The second-order valence-electron chi connectivity index (χ2n) is 7.24. The van der Waals surface area contributed by atoms with Crippen LogP contribution in [0.1, 0.15) is 71.6 Å². The van der Waals surface area contributed by atoms with Crippen LogP contribution in [0.5, 0.6) is 11.5 Å². The van der Waals surface area contributed by atoms with E-state index in [2.05, 4.69) is 6.92 Å². The van der Waals surface area contributed by atoms with Crippen LogP contribution < -0.4 is 9.47 Å². The molecule has 26 heavy (non-hydrogen) atoms. The first-order valence-electron chi connectivity index (χ1n) is 10.1. The molecule has 0 saturated heterocycles. The molecule has 0 bridgehead atoms. The zero-order valence-electron chi connectivity index (χ0n) is 16.2. The van der Waals surface area contributed by atoms with Crippen LogP contribution in [-0.2, 0) is 9.59 Å². The molecule has 1 aromatic rings. The third kappa shape index (κ3) is 6.81. The maximum atomic E-state index is 12.4. The fraction of sp³-hybridized carbons (Fsp3) is 0.636. The molecule has 1 aliphatic carbocycles. The van der Waals surface area contributed by atoms with Gasteiger partial charge in [-0.1, -0.05) is 20.3 Å². The fourth-order valence-corrected chi connectivity index (χ4v) is 3.37. The van der Waals surface area contributed by atoms with Gasteiger partial charge in [0.25, 0.3) is 0 Å². The summed E-state index contributed by atoms with van der Waals surface area (Å²) in [7, 11) is 0. The van der Waals surface area contributed by atoms with Crippen molar-refractivity contribution >= 4 is 11.8 Å². The molecule has 0 spiro atoms. The van der Waals surface area contributed by atoms with E-state index in [-0.39, 0.29) is 11.9 Å². The molecule has 0 N–H and O–H groups in total. The van der Waals surface area contributed by atoms with Gasteiger partial charge < -0.3 is 9.47 Å². The number of Topliss-reactive ketones (excluding diaryl/α,β-unsaturated/α-hetero) is 1. The molecule has 0 aromatic heterocycles. The first-order valence-corrected chi connectivity index (χ1v) is 10.1. The Labute approximate surface area is 157 Å². The number of unbranched alkanes of at least 4 members (excludes halogenated alkanes) is 1. The maximum absolute atomic E-state index is 12.4.